The maximum absolute atomic E-state index is 13.7. The number of hydrogen-bond donors (Lipinski definition) is 0. The van der Waals surface area contributed by atoms with Crippen LogP contribution in [0.5, 0.6) is 5.75 Å². The van der Waals surface area contributed by atoms with Crippen LogP contribution in [0.15, 0.2) is 52.5 Å². The zero-order chi connectivity index (χ0) is 32.0. The molecule has 3 heterocycles. The molecule has 0 radical (unpaired) electrons. The average molecular weight is 647 g/mol. The van der Waals surface area contributed by atoms with Crippen molar-refractivity contribution < 1.29 is 52.4 Å². The predicted molar refractivity (Wildman–Crippen MR) is 160 cm³/mol. The Balaban J connectivity index is 1.78. The first kappa shape index (κ1) is 32.7. The minimum Gasteiger partial charge on any atom is -0.497 e. The van der Waals surface area contributed by atoms with Crippen LogP contribution < -0.4 is 9.64 Å². The Morgan fingerprint density at radius 2 is 1.57 bits per heavy atom. The average Bonchev–Trinajstić information content (AvgIpc) is 3.58. The Labute approximate surface area is 261 Å². The molecule has 0 bridgehead atoms. The van der Waals surface area contributed by atoms with Gasteiger partial charge in [-0.05, 0) is 41.8 Å². The smallest absolute Gasteiger partial charge is 0.303 e. The van der Waals surface area contributed by atoms with Gasteiger partial charge in [-0.3, -0.25) is 28.9 Å². The molecule has 1 saturated heterocycles. The summed E-state index contributed by atoms with van der Waals surface area (Å²) in [5.74, 6) is -2.73. The van der Waals surface area contributed by atoms with Crippen molar-refractivity contribution in [2.45, 2.75) is 57.5 Å². The largest absolute Gasteiger partial charge is 0.497 e. The molecule has 0 aliphatic carbocycles. The first-order valence-electron chi connectivity index (χ1n) is 13.3. The van der Waals surface area contributed by atoms with Gasteiger partial charge in [-0.1, -0.05) is 17.8 Å². The fourth-order valence-electron chi connectivity index (χ4n) is 4.43. The first-order valence-corrected chi connectivity index (χ1v) is 15.0. The van der Waals surface area contributed by atoms with Crippen LogP contribution >= 0.6 is 23.1 Å². The molecule has 1 fully saturated rings. The molecule has 4 rings (SSSR count). The van der Waals surface area contributed by atoms with Crippen LogP contribution in [0.25, 0.3) is 6.08 Å². The van der Waals surface area contributed by atoms with E-state index in [-0.39, 0.29) is 17.5 Å². The highest BCUT2D eigenvalue weighted by Crippen LogP contribution is 2.39. The lowest BCUT2D eigenvalue weighted by Gasteiger charge is -2.44. The van der Waals surface area contributed by atoms with Gasteiger partial charge in [0.15, 0.2) is 28.9 Å². The molecular formula is C29H30N2O11S2. The van der Waals surface area contributed by atoms with Crippen LogP contribution in [0.2, 0.25) is 0 Å². The van der Waals surface area contributed by atoms with Crippen LogP contribution in [0.1, 0.15) is 32.6 Å². The van der Waals surface area contributed by atoms with Gasteiger partial charge in [0, 0.05) is 32.6 Å². The lowest BCUT2D eigenvalue weighted by Crippen LogP contribution is -2.61. The molecule has 15 heteroatoms. The summed E-state index contributed by atoms with van der Waals surface area (Å²) in [6.07, 6.45) is -3.51. The van der Waals surface area contributed by atoms with Gasteiger partial charge in [0.05, 0.1) is 12.8 Å². The van der Waals surface area contributed by atoms with Gasteiger partial charge in [-0.2, -0.15) is 0 Å². The van der Waals surface area contributed by atoms with Crippen molar-refractivity contribution in [2.24, 2.45) is 4.99 Å². The Hall–Kier alpha value is -4.21. The van der Waals surface area contributed by atoms with Crippen molar-refractivity contribution in [3.05, 3.63) is 52.4 Å². The standard InChI is InChI=1S/C29H30N2O11S2/c1-15(32)38-14-23-24(39-16(2)33)25(40-17(3)34)26(41-18(4)35)28(42-23)44-29-30-22(13-21-7-6-12-43-21)27(36)31(29)19-8-10-20(37-5)11-9-19/h6-13,23-26,28H,14H2,1-5H3/t23?,24?,25?,26?,28-/m0/s1. The van der Waals surface area contributed by atoms with Crippen LogP contribution in [0.4, 0.5) is 5.69 Å². The summed E-state index contributed by atoms with van der Waals surface area (Å²) < 4.78 is 33.2. The number of carbonyl (C=O) groups excluding carboxylic acids is 5. The number of methoxy groups -OCH3 is 1. The molecule has 4 unspecified atom stereocenters. The van der Waals surface area contributed by atoms with E-state index >= 15 is 0 Å². The van der Waals surface area contributed by atoms with E-state index in [1.807, 2.05) is 17.5 Å². The van der Waals surface area contributed by atoms with E-state index in [2.05, 4.69) is 4.99 Å². The summed E-state index contributed by atoms with van der Waals surface area (Å²) in [6, 6.07) is 10.4. The van der Waals surface area contributed by atoms with E-state index in [0.717, 1.165) is 37.4 Å². The molecule has 0 saturated carbocycles. The lowest BCUT2D eigenvalue weighted by molar-refractivity contribution is -0.237. The highest BCUT2D eigenvalue weighted by molar-refractivity contribution is 8.14. The number of benzene rings is 1. The second-order valence-electron chi connectivity index (χ2n) is 9.46. The first-order chi connectivity index (χ1) is 21.0. The number of thiophene rings is 1. The van der Waals surface area contributed by atoms with Crippen LogP contribution in [-0.2, 0) is 47.7 Å². The number of ether oxygens (including phenoxy) is 6. The monoisotopic (exact) mass is 646 g/mol. The number of carbonyl (C=O) groups is 5. The number of rotatable bonds is 9. The molecule has 13 nitrogen and oxygen atoms in total. The van der Waals surface area contributed by atoms with E-state index < -0.39 is 59.6 Å². The highest BCUT2D eigenvalue weighted by Gasteiger charge is 2.53. The minimum absolute atomic E-state index is 0.136. The summed E-state index contributed by atoms with van der Waals surface area (Å²) in [5.41, 5.74) is -0.581. The maximum atomic E-state index is 13.7. The molecule has 2 aliphatic heterocycles. The molecule has 2 aliphatic rings. The minimum atomic E-state index is -1.36. The van der Waals surface area contributed by atoms with Crippen LogP contribution in [0.3, 0.4) is 0 Å². The fourth-order valence-corrected chi connectivity index (χ4v) is 6.28. The zero-order valence-corrected chi connectivity index (χ0v) is 26.0. The Morgan fingerprint density at radius 1 is 0.932 bits per heavy atom. The van der Waals surface area contributed by atoms with E-state index in [4.69, 9.17) is 28.4 Å². The molecule has 1 aromatic carbocycles. The third-order valence-corrected chi connectivity index (χ3v) is 8.07. The van der Waals surface area contributed by atoms with Crippen molar-refractivity contribution in [3.8, 4) is 5.75 Å². The molecule has 44 heavy (non-hydrogen) atoms. The molecule has 0 N–H and O–H groups in total. The van der Waals surface area contributed by atoms with Gasteiger partial charge in [-0.15, -0.1) is 11.3 Å². The van der Waals surface area contributed by atoms with Crippen molar-refractivity contribution in [3.63, 3.8) is 0 Å². The van der Waals surface area contributed by atoms with Crippen molar-refractivity contribution >= 4 is 69.8 Å². The van der Waals surface area contributed by atoms with Crippen molar-refractivity contribution in [2.75, 3.05) is 18.6 Å². The van der Waals surface area contributed by atoms with E-state index in [9.17, 15) is 24.0 Å². The molecule has 234 valence electrons. The van der Waals surface area contributed by atoms with Gasteiger partial charge in [-0.25, -0.2) is 4.99 Å². The fraction of sp³-hybridized carbons (Fsp3) is 0.379. The third-order valence-electron chi connectivity index (χ3n) is 6.15. The number of amidine groups is 1. The molecule has 1 amide bonds. The van der Waals surface area contributed by atoms with E-state index in [0.29, 0.717) is 11.4 Å². The summed E-state index contributed by atoms with van der Waals surface area (Å²) in [7, 11) is 1.52. The van der Waals surface area contributed by atoms with Crippen molar-refractivity contribution in [1.82, 2.24) is 0 Å². The molecule has 0 spiro atoms. The Morgan fingerprint density at radius 3 is 2.14 bits per heavy atom. The van der Waals surface area contributed by atoms with Gasteiger partial charge < -0.3 is 28.4 Å². The molecule has 2 aromatic rings. The van der Waals surface area contributed by atoms with Gasteiger partial charge in [0.25, 0.3) is 5.91 Å². The third kappa shape index (κ3) is 8.03. The zero-order valence-electron chi connectivity index (χ0n) is 24.4. The van der Waals surface area contributed by atoms with Crippen LogP contribution in [0, 0.1) is 0 Å². The summed E-state index contributed by atoms with van der Waals surface area (Å²) in [4.78, 5) is 68.6. The topological polar surface area (TPSA) is 156 Å². The lowest BCUT2D eigenvalue weighted by atomic mass is 9.99. The van der Waals surface area contributed by atoms with Crippen molar-refractivity contribution in [1.29, 1.82) is 0 Å². The number of thioether (sulfide) groups is 1. The summed E-state index contributed by atoms with van der Waals surface area (Å²) >= 11 is 2.34. The SMILES string of the molecule is COc1ccc(N2C(=O)C(=Cc3cccs3)N=C2S[C@@H]2OC(COC(C)=O)C(OC(C)=O)C(OC(C)=O)C2OC(C)=O)cc1. The predicted octanol–water partition coefficient (Wildman–Crippen LogP) is 3.32. The second-order valence-corrected chi connectivity index (χ2v) is 11.5. The normalized spacial score (nSPS) is 24.0. The number of aliphatic imine (C=N–C) groups is 1. The molecule has 5 atom stereocenters. The van der Waals surface area contributed by atoms with E-state index in [1.54, 1.807) is 30.3 Å². The van der Waals surface area contributed by atoms with Crippen LogP contribution in [-0.4, -0.2) is 78.5 Å². The number of amides is 1. The Bertz CT molecular complexity index is 1460. The highest BCUT2D eigenvalue weighted by atomic mass is 32.2. The van der Waals surface area contributed by atoms with Gasteiger partial charge in [0.2, 0.25) is 0 Å². The second kappa shape index (κ2) is 14.5. The maximum Gasteiger partial charge on any atom is 0.303 e. The Kier molecular flexibility index (Phi) is 10.8. The molecular weight excluding hydrogens is 616 g/mol. The summed E-state index contributed by atoms with van der Waals surface area (Å²) in [5, 5.41) is 2.02. The van der Waals surface area contributed by atoms with Gasteiger partial charge >= 0.3 is 23.9 Å². The van der Waals surface area contributed by atoms with Gasteiger partial charge in [0.1, 0.15) is 24.2 Å². The number of anilines is 1. The summed E-state index contributed by atoms with van der Waals surface area (Å²) in [6.45, 7) is 4.24. The number of nitrogens with zero attached hydrogens (tertiary/aromatic N) is 2. The molecule has 1 aromatic heterocycles. The quantitative estimate of drug-likeness (QED) is 0.223. The van der Waals surface area contributed by atoms with E-state index in [1.165, 1.54) is 30.3 Å². The number of esters is 4. The number of hydrogen-bond acceptors (Lipinski definition) is 14.